The van der Waals surface area contributed by atoms with Crippen LogP contribution in [0.2, 0.25) is 0 Å². The van der Waals surface area contributed by atoms with Crippen molar-refractivity contribution in [2.24, 2.45) is 5.92 Å². The van der Waals surface area contributed by atoms with E-state index in [1.54, 1.807) is 0 Å². The van der Waals surface area contributed by atoms with Gasteiger partial charge >= 0.3 is 0 Å². The molecular weight excluding hydrogens is 410 g/mol. The summed E-state index contributed by atoms with van der Waals surface area (Å²) in [6.45, 7) is 0.749. The maximum atomic E-state index is 9.58. The Morgan fingerprint density at radius 1 is 1.18 bits per heavy atom. The number of aromatic nitrogens is 4. The number of nitrogens with one attached hydrogen (secondary N) is 1. The lowest BCUT2D eigenvalue weighted by atomic mass is 9.82. The molecule has 1 atom stereocenters. The summed E-state index contributed by atoms with van der Waals surface area (Å²) in [4.78, 5) is 11.4. The molecule has 2 aliphatic carbocycles. The van der Waals surface area contributed by atoms with Gasteiger partial charge in [0.15, 0.2) is 0 Å². The summed E-state index contributed by atoms with van der Waals surface area (Å²) in [5.74, 6) is 2.04. The van der Waals surface area contributed by atoms with Crippen molar-refractivity contribution in [3.63, 3.8) is 0 Å². The summed E-state index contributed by atoms with van der Waals surface area (Å²) in [5.41, 5.74) is 1.93. The fourth-order valence-electron chi connectivity index (χ4n) is 4.88. The monoisotopic (exact) mass is 441 g/mol. The lowest BCUT2D eigenvalue weighted by Crippen LogP contribution is -2.24. The first kappa shape index (κ1) is 21.4. The zero-order valence-electron chi connectivity index (χ0n) is 19.2. The minimum atomic E-state index is -0.433. The van der Waals surface area contributed by atoms with E-state index in [0.717, 1.165) is 30.8 Å². The Morgan fingerprint density at radius 3 is 2.70 bits per heavy atom. The average molecular weight is 442 g/mol. The van der Waals surface area contributed by atoms with Crippen molar-refractivity contribution in [3.05, 3.63) is 66.1 Å². The third-order valence-corrected chi connectivity index (χ3v) is 7.00. The van der Waals surface area contributed by atoms with Gasteiger partial charge < -0.3 is 10.2 Å². The SMILES string of the molecule is CN(Cc1ccccc1)c1nccc(N[C@H](c2cnn(C3(C#N)CC3)c2)C2CCCCC2)n1. The number of benzene rings is 1. The summed E-state index contributed by atoms with van der Waals surface area (Å²) in [6.07, 6.45) is 13.8. The maximum absolute atomic E-state index is 9.58. The van der Waals surface area contributed by atoms with Gasteiger partial charge in [0.2, 0.25) is 5.95 Å². The first-order valence-corrected chi connectivity index (χ1v) is 12.0. The molecule has 2 saturated carbocycles. The van der Waals surface area contributed by atoms with E-state index in [0.29, 0.717) is 11.9 Å². The topological polar surface area (TPSA) is 82.7 Å². The Labute approximate surface area is 195 Å². The van der Waals surface area contributed by atoms with Gasteiger partial charge in [-0.1, -0.05) is 49.6 Å². The van der Waals surface area contributed by atoms with Crippen LogP contribution < -0.4 is 10.2 Å². The summed E-state index contributed by atoms with van der Waals surface area (Å²) in [6, 6.07) is 14.9. The lowest BCUT2D eigenvalue weighted by Gasteiger charge is -2.31. The summed E-state index contributed by atoms with van der Waals surface area (Å²) in [7, 11) is 2.02. The molecule has 0 unspecified atom stereocenters. The van der Waals surface area contributed by atoms with Gasteiger partial charge in [0.1, 0.15) is 11.4 Å². The molecule has 2 aromatic heterocycles. The largest absolute Gasteiger partial charge is 0.363 e. The quantitative estimate of drug-likeness (QED) is 0.526. The number of rotatable bonds is 8. The Bertz CT molecular complexity index is 1110. The van der Waals surface area contributed by atoms with Crippen LogP contribution in [0.3, 0.4) is 0 Å². The fraction of sp³-hybridized carbons (Fsp3) is 0.462. The smallest absolute Gasteiger partial charge is 0.227 e. The highest BCUT2D eigenvalue weighted by Gasteiger charge is 2.46. The number of nitriles is 1. The van der Waals surface area contributed by atoms with Crippen molar-refractivity contribution in [2.45, 2.75) is 63.1 Å². The minimum Gasteiger partial charge on any atom is -0.363 e. The van der Waals surface area contributed by atoms with E-state index in [2.05, 4.69) is 56.8 Å². The van der Waals surface area contributed by atoms with E-state index in [4.69, 9.17) is 4.98 Å². The molecule has 7 nitrogen and oxygen atoms in total. The molecule has 1 aromatic carbocycles. The lowest BCUT2D eigenvalue weighted by molar-refractivity contribution is 0.320. The van der Waals surface area contributed by atoms with E-state index >= 15 is 0 Å². The van der Waals surface area contributed by atoms with Gasteiger partial charge in [0.25, 0.3) is 0 Å². The van der Waals surface area contributed by atoms with E-state index in [1.807, 2.05) is 36.3 Å². The van der Waals surface area contributed by atoms with Crippen molar-refractivity contribution in [1.29, 1.82) is 5.26 Å². The van der Waals surface area contributed by atoms with Crippen LogP contribution in [-0.2, 0) is 12.1 Å². The minimum absolute atomic E-state index is 0.121. The molecule has 2 heterocycles. The van der Waals surface area contributed by atoms with Gasteiger partial charge in [0.05, 0.1) is 18.3 Å². The van der Waals surface area contributed by atoms with Crippen molar-refractivity contribution in [1.82, 2.24) is 19.7 Å². The van der Waals surface area contributed by atoms with Crippen LogP contribution >= 0.6 is 0 Å². The Hall–Kier alpha value is -3.40. The number of hydrogen-bond donors (Lipinski definition) is 1. The average Bonchev–Trinajstić information content (AvgIpc) is 3.52. The van der Waals surface area contributed by atoms with Gasteiger partial charge in [-0.3, -0.25) is 4.68 Å². The van der Waals surface area contributed by atoms with Gasteiger partial charge in [-0.05, 0) is 43.2 Å². The molecule has 0 aliphatic heterocycles. The van der Waals surface area contributed by atoms with Crippen LogP contribution in [0, 0.1) is 17.2 Å². The van der Waals surface area contributed by atoms with Crippen LogP contribution in [0.5, 0.6) is 0 Å². The maximum Gasteiger partial charge on any atom is 0.227 e. The molecule has 2 fully saturated rings. The highest BCUT2D eigenvalue weighted by Crippen LogP contribution is 2.43. The van der Waals surface area contributed by atoms with Crippen LogP contribution in [0.15, 0.2) is 55.0 Å². The molecular formula is C26H31N7. The third-order valence-electron chi connectivity index (χ3n) is 7.00. The third kappa shape index (κ3) is 4.70. The van der Waals surface area contributed by atoms with E-state index in [-0.39, 0.29) is 6.04 Å². The highest BCUT2D eigenvalue weighted by molar-refractivity contribution is 5.43. The van der Waals surface area contributed by atoms with E-state index < -0.39 is 5.54 Å². The Morgan fingerprint density at radius 2 is 1.97 bits per heavy atom. The standard InChI is InChI=1S/C26H31N7/c1-32(17-20-8-4-2-5-9-20)25-28-15-12-23(31-25)30-24(21-10-6-3-7-11-21)22-16-29-33(18-22)26(19-27)13-14-26/h2,4-5,8-9,12,15-16,18,21,24H,3,6-7,10-11,13-14,17H2,1H3,(H,28,30,31)/t24-/m0/s1. The summed E-state index contributed by atoms with van der Waals surface area (Å²) < 4.78 is 1.87. The molecule has 33 heavy (non-hydrogen) atoms. The molecule has 2 aliphatic rings. The number of hydrogen-bond acceptors (Lipinski definition) is 6. The molecule has 0 radical (unpaired) electrons. The molecule has 5 rings (SSSR count). The molecule has 0 saturated heterocycles. The molecule has 7 heteroatoms. The number of anilines is 2. The van der Waals surface area contributed by atoms with Crippen molar-refractivity contribution in [2.75, 3.05) is 17.3 Å². The van der Waals surface area contributed by atoms with Gasteiger partial charge in [0, 0.05) is 31.5 Å². The predicted molar refractivity (Wildman–Crippen MR) is 129 cm³/mol. The van der Waals surface area contributed by atoms with Crippen LogP contribution in [0.25, 0.3) is 0 Å². The normalized spacial score (nSPS) is 18.3. The summed E-state index contributed by atoms with van der Waals surface area (Å²) >= 11 is 0. The Kier molecular flexibility index (Phi) is 5.99. The first-order valence-electron chi connectivity index (χ1n) is 12.0. The molecule has 0 bridgehead atoms. The van der Waals surface area contributed by atoms with Crippen molar-refractivity contribution < 1.29 is 0 Å². The van der Waals surface area contributed by atoms with Crippen LogP contribution in [0.4, 0.5) is 11.8 Å². The van der Waals surface area contributed by atoms with Gasteiger partial charge in [-0.25, -0.2) is 4.98 Å². The summed E-state index contributed by atoms with van der Waals surface area (Å²) in [5, 5.41) is 17.9. The van der Waals surface area contributed by atoms with E-state index in [1.165, 1.54) is 37.7 Å². The zero-order chi connectivity index (χ0) is 22.7. The Balaban J connectivity index is 1.37. The fourth-order valence-corrected chi connectivity index (χ4v) is 4.88. The number of nitrogens with zero attached hydrogens (tertiary/aromatic N) is 6. The van der Waals surface area contributed by atoms with Crippen LogP contribution in [0.1, 0.15) is 62.1 Å². The molecule has 0 amide bonds. The zero-order valence-corrected chi connectivity index (χ0v) is 19.2. The van der Waals surface area contributed by atoms with Crippen molar-refractivity contribution >= 4 is 11.8 Å². The van der Waals surface area contributed by atoms with Crippen molar-refractivity contribution in [3.8, 4) is 6.07 Å². The van der Waals surface area contributed by atoms with Gasteiger partial charge in [-0.2, -0.15) is 15.3 Å². The predicted octanol–water partition coefficient (Wildman–Crippen LogP) is 5.06. The first-order chi connectivity index (χ1) is 16.2. The second-order valence-electron chi connectivity index (χ2n) is 9.47. The second-order valence-corrected chi connectivity index (χ2v) is 9.47. The molecule has 0 spiro atoms. The van der Waals surface area contributed by atoms with Crippen LogP contribution in [-0.4, -0.2) is 26.8 Å². The van der Waals surface area contributed by atoms with E-state index in [9.17, 15) is 5.26 Å². The second kappa shape index (κ2) is 9.22. The molecule has 3 aromatic rings. The van der Waals surface area contributed by atoms with Gasteiger partial charge in [-0.15, -0.1) is 0 Å². The highest BCUT2D eigenvalue weighted by atomic mass is 15.3. The molecule has 1 N–H and O–H groups in total. The molecule has 170 valence electrons.